The second kappa shape index (κ2) is 21.0. The number of ketones is 1. The summed E-state index contributed by atoms with van der Waals surface area (Å²) in [6, 6.07) is 0. The number of aliphatic hydroxyl groups excluding tert-OH is 3. The third kappa shape index (κ3) is 9.98. The molecule has 19 heteroatoms. The molecule has 15 aliphatic rings. The number of hydrogen-bond acceptors (Lipinski definition) is 18. The van der Waals surface area contributed by atoms with Gasteiger partial charge in [-0.25, -0.2) is 0 Å². The van der Waals surface area contributed by atoms with Gasteiger partial charge in [-0.2, -0.15) is 0 Å². The normalized spacial score (nSPS) is 57.3. The molecule has 0 aromatic carbocycles. The highest BCUT2D eigenvalue weighted by atomic mass is 127. The van der Waals surface area contributed by atoms with E-state index < -0.39 is 41.8 Å². The van der Waals surface area contributed by atoms with E-state index in [2.05, 4.69) is 49.6 Å². The maximum atomic E-state index is 14.7. The average molecular weight is 1220 g/mol. The number of aliphatic hydroxyl groups is 3. The van der Waals surface area contributed by atoms with Crippen LogP contribution >= 0.6 is 22.6 Å². The van der Waals surface area contributed by atoms with Gasteiger partial charge in [0.2, 0.25) is 0 Å². The maximum Gasteiger partial charge on any atom is 0.174 e. The van der Waals surface area contributed by atoms with Gasteiger partial charge in [-0.05, 0) is 86.7 Å². The van der Waals surface area contributed by atoms with Gasteiger partial charge in [0.05, 0.1) is 127 Å². The number of ether oxygens (including phenoxy) is 14. The first-order chi connectivity index (χ1) is 38.1. The molecule has 18 nitrogen and oxygen atoms in total. The molecule has 15 heterocycles. The van der Waals surface area contributed by atoms with Gasteiger partial charge in [-0.3, -0.25) is 4.79 Å². The average Bonchev–Trinajstić information content (AvgIpc) is 4.46. The number of fused-ring (bicyclic) bond motifs is 14. The summed E-state index contributed by atoms with van der Waals surface area (Å²) in [5.74, 6) is -2.13. The Labute approximate surface area is 477 Å². The molecular weight excluding hydrogens is 1140 g/mol. The molecule has 0 amide bonds. The molecule has 3 spiro atoms. The maximum absolute atomic E-state index is 14.7. The Bertz CT molecular complexity index is 2330. The number of carbonyl (C=O) groups excluding carboxylic acids is 1. The predicted octanol–water partition coefficient (Wildman–Crippen LogP) is 5.90. The molecule has 0 radical (unpaired) electrons. The van der Waals surface area contributed by atoms with E-state index in [9.17, 15) is 20.1 Å². The number of alkyl halides is 1. The van der Waals surface area contributed by atoms with E-state index in [0.717, 1.165) is 49.7 Å². The molecular formula is C60H85IO18. The number of rotatable bonds is 2. The number of halogens is 1. The van der Waals surface area contributed by atoms with Crippen LogP contribution in [0.15, 0.2) is 24.3 Å². The van der Waals surface area contributed by atoms with E-state index in [1.807, 2.05) is 0 Å². The molecule has 79 heavy (non-hydrogen) atoms. The lowest BCUT2D eigenvalue weighted by atomic mass is 9.78. The minimum Gasteiger partial charge on any atom is -0.394 e. The van der Waals surface area contributed by atoms with Crippen LogP contribution in [0, 0.1) is 17.8 Å². The van der Waals surface area contributed by atoms with Gasteiger partial charge >= 0.3 is 0 Å². The summed E-state index contributed by atoms with van der Waals surface area (Å²) in [5.41, 5.74) is 2.19. The fourth-order valence-electron chi connectivity index (χ4n) is 18.1. The van der Waals surface area contributed by atoms with Crippen LogP contribution in [0.1, 0.15) is 149 Å². The monoisotopic (exact) mass is 1220 g/mol. The molecule has 15 fully saturated rings. The zero-order valence-corrected chi connectivity index (χ0v) is 48.1. The van der Waals surface area contributed by atoms with Gasteiger partial charge in [0.1, 0.15) is 36.3 Å². The fraction of sp³-hybridized carbons (Fsp3) is 0.917. The van der Waals surface area contributed by atoms with Crippen LogP contribution in [0.25, 0.3) is 0 Å². The highest BCUT2D eigenvalue weighted by molar-refractivity contribution is 14.1. The van der Waals surface area contributed by atoms with Crippen LogP contribution in [0.5, 0.6) is 0 Å². The minimum atomic E-state index is -0.988. The fourth-order valence-corrected chi connectivity index (χ4v) is 19.2. The summed E-state index contributed by atoms with van der Waals surface area (Å²) >= 11 is 2.42. The van der Waals surface area contributed by atoms with Crippen molar-refractivity contribution in [2.75, 3.05) is 6.61 Å². The predicted molar refractivity (Wildman–Crippen MR) is 286 cm³/mol. The largest absolute Gasteiger partial charge is 0.394 e. The van der Waals surface area contributed by atoms with Gasteiger partial charge in [-0.1, -0.05) is 49.6 Å². The molecule has 15 saturated heterocycles. The Morgan fingerprint density at radius 1 is 0.532 bits per heavy atom. The first-order valence-corrected chi connectivity index (χ1v) is 32.1. The van der Waals surface area contributed by atoms with Gasteiger partial charge < -0.3 is 81.6 Å². The van der Waals surface area contributed by atoms with E-state index >= 15 is 0 Å². The number of carbonyl (C=O) groups is 1. The lowest BCUT2D eigenvalue weighted by molar-refractivity contribution is -0.362. The van der Waals surface area contributed by atoms with Crippen LogP contribution in [0.4, 0.5) is 0 Å². The van der Waals surface area contributed by atoms with Crippen molar-refractivity contribution in [3.05, 3.63) is 24.3 Å². The highest BCUT2D eigenvalue weighted by Crippen LogP contribution is 2.56. The Balaban J connectivity index is 0.640. The van der Waals surface area contributed by atoms with Crippen LogP contribution in [0.2, 0.25) is 0 Å². The van der Waals surface area contributed by atoms with Gasteiger partial charge in [-0.15, -0.1) is 0 Å². The van der Waals surface area contributed by atoms with Crippen molar-refractivity contribution < 1.29 is 86.4 Å². The summed E-state index contributed by atoms with van der Waals surface area (Å²) in [7, 11) is 0. The Morgan fingerprint density at radius 2 is 1.22 bits per heavy atom. The van der Waals surface area contributed by atoms with Gasteiger partial charge in [0, 0.05) is 77.0 Å². The van der Waals surface area contributed by atoms with E-state index in [-0.39, 0.29) is 163 Å². The molecule has 15 aliphatic heterocycles. The van der Waals surface area contributed by atoms with Crippen molar-refractivity contribution in [3.8, 4) is 0 Å². The van der Waals surface area contributed by atoms with Crippen molar-refractivity contribution in [2.24, 2.45) is 17.8 Å². The molecule has 0 aliphatic carbocycles. The second-order valence-electron chi connectivity index (χ2n) is 27.4. The lowest BCUT2D eigenvalue weighted by Gasteiger charge is -2.53. The van der Waals surface area contributed by atoms with Gasteiger partial charge in [0.15, 0.2) is 17.4 Å². The summed E-state index contributed by atoms with van der Waals surface area (Å²) in [6.07, 6.45) is 6.96. The van der Waals surface area contributed by atoms with Crippen LogP contribution in [0.3, 0.4) is 0 Å². The standard InChI is InChI=1S/C60H85IO18/c1-27-13-33-5-7-38-28(2)14-35(66-38)9-11-59-23-36(64)54(78-59)56-52(61)57(79-59)55-40(72-56)8-6-34(68-55)17-32(63)15-31-16-44-45(69-42(31)18-41(67-33)30(27)4)20-48-50(71-44)24-60(75-48)25-51-39(74-60)10-12-58(77-51)22-29(3)53-49(76-58)21-46-47(73-53)19-43(70-46)37(65)26-62/h27,29,31,33-57,62,64-65H,2,4-26H2,1,3H3/t27-,29+,31-,33+,34-,35+,36?,37+,38+,39+,40+,41-,42+,43+,44+,45+,46-,47-,48-,49+,50-,51+,52?,53+,54?,55+,56-,57-,58+,59+,60-/m1/s1. The van der Waals surface area contributed by atoms with Gasteiger partial charge in [0.25, 0.3) is 0 Å². The second-order valence-corrected chi connectivity index (χ2v) is 28.8. The molecule has 31 atom stereocenters. The summed E-state index contributed by atoms with van der Waals surface area (Å²) in [5, 5.41) is 31.4. The topological polar surface area (TPSA) is 207 Å². The molecule has 0 aromatic heterocycles. The van der Waals surface area contributed by atoms with Crippen molar-refractivity contribution in [1.29, 1.82) is 0 Å². The number of Topliss-reactive ketones (excluding diaryl/α,β-unsaturated/α-hetero) is 1. The SMILES string of the molecule is C=C1C[C@@H]2CC[C@]34CC(O)C(O3)[C@@H]3O[C@H]5CC[C@H](CC(=O)C[C@@H]6C[C@@H]7O[C@@H]8C[C@]9(C[C@@H]%10O[C@@]%11(CC[C@@H]%10O9)C[C@H](C)[C@@H]9O[C@@H]%10C[C@@H]([C@@H](O)CO)O[C@@H]%10C[C@@H]9O%11)O[C@@H]8C[C@@H]7O[C@H]6C[C@H]6O[C@@H](CC[C@@H]1O2)C[C@@H](C)C6=C)O[C@@H]5[C@H](O4)C3I. The molecule has 10 bridgehead atoms. The molecule has 3 unspecified atom stereocenters. The van der Waals surface area contributed by atoms with Crippen LogP contribution in [-0.4, -0.2) is 195 Å². The number of hydrogen-bond donors (Lipinski definition) is 3. The van der Waals surface area contributed by atoms with Crippen molar-refractivity contribution in [3.63, 3.8) is 0 Å². The third-order valence-corrected chi connectivity index (χ3v) is 23.4. The molecule has 3 N–H and O–H groups in total. The molecule has 440 valence electrons. The van der Waals surface area contributed by atoms with Crippen molar-refractivity contribution >= 4 is 28.4 Å². The zero-order chi connectivity index (χ0) is 53.9. The smallest absolute Gasteiger partial charge is 0.174 e. The van der Waals surface area contributed by atoms with Crippen molar-refractivity contribution in [2.45, 2.75) is 316 Å². The minimum absolute atomic E-state index is 0.0139. The van der Waals surface area contributed by atoms with E-state index in [4.69, 9.17) is 66.3 Å². The summed E-state index contributed by atoms with van der Waals surface area (Å²) in [4.78, 5) is 14.7. The zero-order valence-electron chi connectivity index (χ0n) is 46.0. The Kier molecular flexibility index (Phi) is 14.6. The highest BCUT2D eigenvalue weighted by Gasteiger charge is 2.65. The van der Waals surface area contributed by atoms with Crippen LogP contribution < -0.4 is 0 Å². The van der Waals surface area contributed by atoms with E-state index in [1.165, 1.54) is 0 Å². The van der Waals surface area contributed by atoms with E-state index in [0.29, 0.717) is 89.9 Å². The first-order valence-electron chi connectivity index (χ1n) is 30.9. The Hall–Kier alpha value is -0.800. The van der Waals surface area contributed by atoms with Crippen molar-refractivity contribution in [1.82, 2.24) is 0 Å². The first kappa shape index (κ1) is 54.8. The molecule has 0 saturated carbocycles. The third-order valence-electron chi connectivity index (χ3n) is 22.0. The van der Waals surface area contributed by atoms with Crippen LogP contribution in [-0.2, 0) is 71.1 Å². The Morgan fingerprint density at radius 3 is 2.09 bits per heavy atom. The lowest BCUT2D eigenvalue weighted by Crippen LogP contribution is -2.63. The molecule has 0 aromatic rings. The summed E-state index contributed by atoms with van der Waals surface area (Å²) in [6.45, 7) is 13.3. The van der Waals surface area contributed by atoms with E-state index in [1.54, 1.807) is 0 Å². The quantitative estimate of drug-likeness (QED) is 0.167. The molecule has 15 rings (SSSR count). The summed E-state index contributed by atoms with van der Waals surface area (Å²) < 4.78 is 96.5.